The first-order valence-corrected chi connectivity index (χ1v) is 5.86. The average molecular weight is 223 g/mol. The van der Waals surface area contributed by atoms with E-state index in [1.165, 1.54) is 0 Å². The summed E-state index contributed by atoms with van der Waals surface area (Å²) in [7, 11) is 0. The number of Topliss-reactive ketones (excluding diaryl/α,β-unsaturated/α-hetero) is 1. The summed E-state index contributed by atoms with van der Waals surface area (Å²) in [6.07, 6.45) is 2.72. The van der Waals surface area contributed by atoms with Gasteiger partial charge in [0.05, 0.1) is 0 Å². The molecule has 1 aromatic carbocycles. The van der Waals surface area contributed by atoms with Crippen LogP contribution in [-0.4, -0.2) is 10.8 Å². The number of nitrogens with zero attached hydrogens (tertiary/aromatic N) is 1. The highest BCUT2D eigenvalue weighted by atomic mass is 16.1. The van der Waals surface area contributed by atoms with Crippen molar-refractivity contribution in [2.45, 2.75) is 12.3 Å². The molecule has 0 radical (unpaired) electrons. The van der Waals surface area contributed by atoms with Gasteiger partial charge in [0.1, 0.15) is 0 Å². The maximum Gasteiger partial charge on any atom is 0.166 e. The second-order valence-electron chi connectivity index (χ2n) is 4.43. The third kappa shape index (κ3) is 1.98. The van der Waals surface area contributed by atoms with Crippen LogP contribution in [0.25, 0.3) is 0 Å². The predicted molar refractivity (Wildman–Crippen MR) is 65.9 cm³/mol. The van der Waals surface area contributed by atoms with Gasteiger partial charge in [0.25, 0.3) is 0 Å². The highest BCUT2D eigenvalue weighted by Crippen LogP contribution is 2.48. The van der Waals surface area contributed by atoms with Crippen molar-refractivity contribution in [3.8, 4) is 0 Å². The number of carbonyl (C=O) groups is 1. The van der Waals surface area contributed by atoms with Crippen molar-refractivity contribution in [2.75, 3.05) is 0 Å². The van der Waals surface area contributed by atoms with Crippen LogP contribution in [0.4, 0.5) is 0 Å². The van der Waals surface area contributed by atoms with Crippen LogP contribution in [0, 0.1) is 5.92 Å². The number of pyridine rings is 1. The Bertz CT molecular complexity index is 521. The Morgan fingerprint density at radius 3 is 2.53 bits per heavy atom. The van der Waals surface area contributed by atoms with Gasteiger partial charge in [-0.05, 0) is 18.6 Å². The van der Waals surface area contributed by atoms with Crippen LogP contribution >= 0.6 is 0 Å². The second-order valence-corrected chi connectivity index (χ2v) is 4.43. The fourth-order valence-electron chi connectivity index (χ4n) is 2.22. The van der Waals surface area contributed by atoms with E-state index in [9.17, 15) is 4.79 Å². The molecule has 0 amide bonds. The molecule has 2 nitrogen and oxygen atoms in total. The Morgan fingerprint density at radius 2 is 1.82 bits per heavy atom. The largest absolute Gasteiger partial charge is 0.294 e. The maximum atomic E-state index is 12.2. The zero-order valence-electron chi connectivity index (χ0n) is 9.41. The zero-order chi connectivity index (χ0) is 11.7. The Labute approximate surface area is 100 Å². The summed E-state index contributed by atoms with van der Waals surface area (Å²) in [4.78, 5) is 16.5. The van der Waals surface area contributed by atoms with Crippen LogP contribution in [0.5, 0.6) is 0 Å². The van der Waals surface area contributed by atoms with Gasteiger partial charge in [-0.1, -0.05) is 36.4 Å². The third-order valence-electron chi connectivity index (χ3n) is 3.25. The molecule has 0 bridgehead atoms. The van der Waals surface area contributed by atoms with Crippen LogP contribution < -0.4 is 0 Å². The third-order valence-corrected chi connectivity index (χ3v) is 3.25. The zero-order valence-corrected chi connectivity index (χ0v) is 9.41. The molecule has 1 aliphatic carbocycles. The standard InChI is InChI=1S/C15H13NO/c17-15(11-6-2-1-3-7-11)13-10-12(13)14-8-4-5-9-16-14/h1-9,12-13H,10H2/t12-,13-/m1/s1. The Morgan fingerprint density at radius 1 is 1.06 bits per heavy atom. The molecule has 84 valence electrons. The number of hydrogen-bond donors (Lipinski definition) is 0. The summed E-state index contributed by atoms with van der Waals surface area (Å²) >= 11 is 0. The lowest BCUT2D eigenvalue weighted by Crippen LogP contribution is -2.03. The quantitative estimate of drug-likeness (QED) is 0.748. The lowest BCUT2D eigenvalue weighted by Gasteiger charge is -2.00. The van der Waals surface area contributed by atoms with E-state index in [1.807, 2.05) is 48.5 Å². The minimum absolute atomic E-state index is 0.132. The highest BCUT2D eigenvalue weighted by molar-refractivity contribution is 6.00. The lowest BCUT2D eigenvalue weighted by atomic mass is 10.1. The minimum Gasteiger partial charge on any atom is -0.294 e. The molecule has 3 rings (SSSR count). The van der Waals surface area contributed by atoms with Crippen molar-refractivity contribution in [1.82, 2.24) is 4.98 Å². The van der Waals surface area contributed by atoms with Crippen molar-refractivity contribution in [2.24, 2.45) is 5.92 Å². The van der Waals surface area contributed by atoms with Crippen molar-refractivity contribution < 1.29 is 4.79 Å². The number of carbonyl (C=O) groups excluding carboxylic acids is 1. The molecule has 1 fully saturated rings. The summed E-state index contributed by atoms with van der Waals surface area (Å²) in [6.45, 7) is 0. The topological polar surface area (TPSA) is 30.0 Å². The fraction of sp³-hybridized carbons (Fsp3) is 0.200. The molecule has 0 N–H and O–H groups in total. The van der Waals surface area contributed by atoms with E-state index in [0.29, 0.717) is 5.92 Å². The summed E-state index contributed by atoms with van der Waals surface area (Å²) < 4.78 is 0. The van der Waals surface area contributed by atoms with Gasteiger partial charge in [-0.2, -0.15) is 0 Å². The molecule has 0 saturated heterocycles. The SMILES string of the molecule is O=C(c1ccccc1)[C@@H]1C[C@H]1c1ccccn1. The Balaban J connectivity index is 1.76. The van der Waals surface area contributed by atoms with Gasteiger partial charge in [-0.15, -0.1) is 0 Å². The second kappa shape index (κ2) is 4.13. The van der Waals surface area contributed by atoms with Crippen LogP contribution in [0.2, 0.25) is 0 Å². The summed E-state index contributed by atoms with van der Waals surface area (Å²) in [5.74, 6) is 0.706. The Kier molecular flexibility index (Phi) is 2.48. The van der Waals surface area contributed by atoms with Gasteiger partial charge in [0, 0.05) is 29.3 Å². The minimum atomic E-state index is 0.132. The van der Waals surface area contributed by atoms with Crippen molar-refractivity contribution in [1.29, 1.82) is 0 Å². The number of ketones is 1. The maximum absolute atomic E-state index is 12.2. The van der Waals surface area contributed by atoms with Crippen molar-refractivity contribution in [3.63, 3.8) is 0 Å². The van der Waals surface area contributed by atoms with Crippen LogP contribution in [0.3, 0.4) is 0 Å². The van der Waals surface area contributed by atoms with Gasteiger partial charge >= 0.3 is 0 Å². The molecule has 0 spiro atoms. The van der Waals surface area contributed by atoms with Gasteiger partial charge in [-0.25, -0.2) is 0 Å². The van der Waals surface area contributed by atoms with E-state index in [1.54, 1.807) is 6.20 Å². The van der Waals surface area contributed by atoms with Crippen molar-refractivity contribution in [3.05, 3.63) is 66.0 Å². The van der Waals surface area contributed by atoms with Gasteiger partial charge in [0.15, 0.2) is 5.78 Å². The van der Waals surface area contributed by atoms with Gasteiger partial charge < -0.3 is 0 Å². The molecule has 2 heteroatoms. The van der Waals surface area contributed by atoms with Gasteiger partial charge in [-0.3, -0.25) is 9.78 Å². The van der Waals surface area contributed by atoms with E-state index in [-0.39, 0.29) is 11.7 Å². The van der Waals surface area contributed by atoms with E-state index >= 15 is 0 Å². The normalized spacial score (nSPS) is 22.1. The van der Waals surface area contributed by atoms with E-state index in [4.69, 9.17) is 0 Å². The Hall–Kier alpha value is -1.96. The summed E-state index contributed by atoms with van der Waals surface area (Å²) in [5.41, 5.74) is 1.86. The molecule has 0 unspecified atom stereocenters. The monoisotopic (exact) mass is 223 g/mol. The first-order chi connectivity index (χ1) is 8.36. The molecule has 0 aliphatic heterocycles. The first kappa shape index (κ1) is 10.2. The smallest absolute Gasteiger partial charge is 0.166 e. The number of rotatable bonds is 3. The van der Waals surface area contributed by atoms with Crippen LogP contribution in [0.1, 0.15) is 28.4 Å². The molecular formula is C15H13NO. The number of hydrogen-bond acceptors (Lipinski definition) is 2. The van der Waals surface area contributed by atoms with Crippen LogP contribution in [0.15, 0.2) is 54.7 Å². The summed E-state index contributed by atoms with van der Waals surface area (Å²) in [6, 6.07) is 15.4. The first-order valence-electron chi connectivity index (χ1n) is 5.86. The molecule has 1 heterocycles. The molecule has 1 aromatic heterocycles. The molecule has 2 aromatic rings. The lowest BCUT2D eigenvalue weighted by molar-refractivity contribution is 0.0965. The molecule has 1 saturated carbocycles. The molecule has 1 aliphatic rings. The summed E-state index contributed by atoms with van der Waals surface area (Å²) in [5, 5.41) is 0. The number of benzene rings is 1. The number of aromatic nitrogens is 1. The fourth-order valence-corrected chi connectivity index (χ4v) is 2.22. The van der Waals surface area contributed by atoms with E-state index in [2.05, 4.69) is 4.98 Å². The van der Waals surface area contributed by atoms with Crippen molar-refractivity contribution >= 4 is 5.78 Å². The average Bonchev–Trinajstić information content (AvgIpc) is 3.20. The van der Waals surface area contributed by atoms with E-state index in [0.717, 1.165) is 17.7 Å². The highest BCUT2D eigenvalue weighted by Gasteiger charge is 2.44. The molecule has 2 atom stereocenters. The predicted octanol–water partition coefficient (Wildman–Crippen LogP) is 3.07. The van der Waals surface area contributed by atoms with Gasteiger partial charge in [0.2, 0.25) is 0 Å². The molecular weight excluding hydrogens is 210 g/mol. The van der Waals surface area contributed by atoms with E-state index < -0.39 is 0 Å². The van der Waals surface area contributed by atoms with Crippen LogP contribution in [-0.2, 0) is 0 Å². The molecule has 17 heavy (non-hydrogen) atoms.